The Bertz CT molecular complexity index is 1280. The van der Waals surface area contributed by atoms with Crippen LogP contribution in [-0.2, 0) is 4.74 Å². The molecule has 1 aliphatic heterocycles. The fourth-order valence-corrected chi connectivity index (χ4v) is 4.18. The molecule has 1 atom stereocenters. The van der Waals surface area contributed by atoms with Gasteiger partial charge in [0.25, 0.3) is 0 Å². The van der Waals surface area contributed by atoms with Crippen molar-refractivity contribution in [3.63, 3.8) is 0 Å². The Morgan fingerprint density at radius 3 is 2.68 bits per heavy atom. The first-order valence-electron chi connectivity index (χ1n) is 11.1. The topological polar surface area (TPSA) is 105 Å². The summed E-state index contributed by atoms with van der Waals surface area (Å²) in [7, 11) is 0. The number of aromatic nitrogens is 2. The number of likely N-dealkylation sites (tertiary alicyclic amines) is 1. The first-order chi connectivity index (χ1) is 16.2. The lowest BCUT2D eigenvalue weighted by Gasteiger charge is -2.29. The van der Waals surface area contributed by atoms with Crippen molar-refractivity contribution in [2.45, 2.75) is 45.3 Å². The maximum Gasteiger partial charge on any atom is 0.410 e. The maximum absolute atomic E-state index is 13.7. The molecule has 8 heteroatoms. The number of nitrogen functional groups attached to an aromatic ring is 1. The Morgan fingerprint density at radius 2 is 1.97 bits per heavy atom. The molecule has 1 saturated heterocycles. The number of hydrogen-bond acceptors (Lipinski definition) is 6. The fourth-order valence-electron chi connectivity index (χ4n) is 4.18. The smallest absolute Gasteiger partial charge is 0.410 e. The van der Waals surface area contributed by atoms with E-state index in [1.54, 1.807) is 23.2 Å². The largest absolute Gasteiger partial charge is 0.444 e. The lowest BCUT2D eigenvalue weighted by molar-refractivity contribution is 0.0224. The third-order valence-electron chi connectivity index (χ3n) is 5.70. The van der Waals surface area contributed by atoms with E-state index in [9.17, 15) is 14.4 Å². The Hall–Kier alpha value is -3.99. The highest BCUT2D eigenvalue weighted by atomic mass is 19.1. The van der Waals surface area contributed by atoms with Gasteiger partial charge in [-0.25, -0.2) is 14.8 Å². The van der Waals surface area contributed by atoms with Crippen LogP contribution in [0.5, 0.6) is 0 Å². The molecular formula is C26H26FN5O2. The molecule has 34 heavy (non-hydrogen) atoms. The van der Waals surface area contributed by atoms with Gasteiger partial charge < -0.3 is 15.4 Å². The molecule has 3 aromatic rings. The van der Waals surface area contributed by atoms with E-state index in [1.807, 2.05) is 39.0 Å². The van der Waals surface area contributed by atoms with Gasteiger partial charge in [0.15, 0.2) is 0 Å². The molecule has 0 spiro atoms. The molecule has 1 amide bonds. The van der Waals surface area contributed by atoms with E-state index in [4.69, 9.17) is 10.5 Å². The third kappa shape index (κ3) is 4.84. The second kappa shape index (κ2) is 9.10. The highest BCUT2D eigenvalue weighted by Gasteiger charge is 2.34. The lowest BCUT2D eigenvalue weighted by atomic mass is 9.93. The molecule has 0 radical (unpaired) electrons. The minimum atomic E-state index is -0.609. The SMILES string of the molecule is CC(C)(C)OC(=O)N1CCC[C@H]1c1cc(-c2cnc(N)c(-c3ccnc(F)c3)c2)ccc1C#N. The van der Waals surface area contributed by atoms with Crippen LogP contribution in [0.15, 0.2) is 48.8 Å². The number of benzene rings is 1. The summed E-state index contributed by atoms with van der Waals surface area (Å²) >= 11 is 0. The zero-order valence-electron chi connectivity index (χ0n) is 19.4. The van der Waals surface area contributed by atoms with Crippen LogP contribution in [0, 0.1) is 17.3 Å². The average Bonchev–Trinajstić information content (AvgIpc) is 3.28. The maximum atomic E-state index is 13.7. The number of nitrogens with two attached hydrogens (primary N) is 1. The van der Waals surface area contributed by atoms with Crippen molar-refractivity contribution in [1.29, 1.82) is 5.26 Å². The molecule has 2 aromatic heterocycles. The van der Waals surface area contributed by atoms with Crippen LogP contribution in [0.1, 0.15) is 50.8 Å². The summed E-state index contributed by atoms with van der Waals surface area (Å²) in [5, 5.41) is 9.75. The van der Waals surface area contributed by atoms with E-state index in [0.717, 1.165) is 29.5 Å². The summed E-state index contributed by atoms with van der Waals surface area (Å²) in [4.78, 5) is 22.4. The molecular weight excluding hydrogens is 433 g/mol. The van der Waals surface area contributed by atoms with Gasteiger partial charge in [-0.05, 0) is 74.6 Å². The Balaban J connectivity index is 1.73. The van der Waals surface area contributed by atoms with Crippen molar-refractivity contribution < 1.29 is 13.9 Å². The number of carbonyl (C=O) groups excluding carboxylic acids is 1. The second-order valence-electron chi connectivity index (χ2n) is 9.27. The number of rotatable bonds is 3. The van der Waals surface area contributed by atoms with Gasteiger partial charge in [0.1, 0.15) is 11.4 Å². The number of nitrogens with zero attached hydrogens (tertiary/aromatic N) is 4. The van der Waals surface area contributed by atoms with Gasteiger partial charge in [0.2, 0.25) is 5.95 Å². The molecule has 1 fully saturated rings. The number of nitriles is 1. The Labute approximate surface area is 198 Å². The summed E-state index contributed by atoms with van der Waals surface area (Å²) in [5.74, 6) is -0.332. The van der Waals surface area contributed by atoms with Crippen molar-refractivity contribution in [3.8, 4) is 28.3 Å². The minimum absolute atomic E-state index is 0.264. The molecule has 174 valence electrons. The summed E-state index contributed by atoms with van der Waals surface area (Å²) in [5.41, 5.74) is 9.45. The molecule has 4 rings (SSSR count). The Morgan fingerprint density at radius 1 is 1.18 bits per heavy atom. The molecule has 0 aliphatic carbocycles. The zero-order chi connectivity index (χ0) is 24.5. The van der Waals surface area contributed by atoms with Gasteiger partial charge >= 0.3 is 6.09 Å². The number of pyridine rings is 2. The van der Waals surface area contributed by atoms with E-state index < -0.39 is 11.5 Å². The quantitative estimate of drug-likeness (QED) is 0.520. The number of halogens is 1. The van der Waals surface area contributed by atoms with E-state index in [1.165, 1.54) is 12.3 Å². The van der Waals surface area contributed by atoms with Crippen molar-refractivity contribution >= 4 is 11.9 Å². The summed E-state index contributed by atoms with van der Waals surface area (Å²) in [6.45, 7) is 6.06. The molecule has 1 aliphatic rings. The predicted molar refractivity (Wildman–Crippen MR) is 127 cm³/mol. The number of anilines is 1. The van der Waals surface area contributed by atoms with E-state index in [0.29, 0.717) is 23.2 Å². The van der Waals surface area contributed by atoms with Crippen LogP contribution in [0.2, 0.25) is 0 Å². The van der Waals surface area contributed by atoms with Gasteiger partial charge in [-0.1, -0.05) is 6.07 Å². The normalized spacial score (nSPS) is 15.7. The summed E-state index contributed by atoms with van der Waals surface area (Å²) < 4.78 is 19.3. The van der Waals surface area contributed by atoms with Crippen LogP contribution in [0.3, 0.4) is 0 Å². The standard InChI is InChI=1S/C26H26FN5O2/c1-26(2,3)34-25(33)32-10-4-5-22(32)20-11-16(6-7-18(20)14-28)19-12-21(24(29)31-15-19)17-8-9-30-23(27)13-17/h6-9,11-13,15,22H,4-5,10H2,1-3H3,(H2,29,31)/t22-/m0/s1. The van der Waals surface area contributed by atoms with Crippen LogP contribution >= 0.6 is 0 Å². The monoisotopic (exact) mass is 459 g/mol. The number of carbonyl (C=O) groups is 1. The minimum Gasteiger partial charge on any atom is -0.444 e. The molecule has 2 N–H and O–H groups in total. The van der Waals surface area contributed by atoms with Crippen molar-refractivity contribution in [3.05, 3.63) is 65.9 Å². The number of hydrogen-bond donors (Lipinski definition) is 1. The van der Waals surface area contributed by atoms with Crippen LogP contribution in [-0.4, -0.2) is 33.1 Å². The van der Waals surface area contributed by atoms with Gasteiger partial charge in [0.05, 0.1) is 17.7 Å². The van der Waals surface area contributed by atoms with Gasteiger partial charge in [-0.2, -0.15) is 9.65 Å². The molecule has 1 aromatic carbocycles. The predicted octanol–water partition coefficient (Wildman–Crippen LogP) is 5.48. The van der Waals surface area contributed by atoms with Gasteiger partial charge in [0, 0.05) is 36.1 Å². The molecule has 3 heterocycles. The van der Waals surface area contributed by atoms with E-state index in [2.05, 4.69) is 16.0 Å². The van der Waals surface area contributed by atoms with Crippen molar-refractivity contribution in [2.75, 3.05) is 12.3 Å². The first kappa shape index (κ1) is 23.2. The van der Waals surface area contributed by atoms with Crippen molar-refractivity contribution in [2.24, 2.45) is 0 Å². The molecule has 0 unspecified atom stereocenters. The van der Waals surface area contributed by atoms with E-state index in [-0.39, 0.29) is 18.0 Å². The van der Waals surface area contributed by atoms with Gasteiger partial charge in [-0.15, -0.1) is 0 Å². The highest BCUT2D eigenvalue weighted by Crippen LogP contribution is 2.37. The lowest BCUT2D eigenvalue weighted by Crippen LogP contribution is -2.36. The summed E-state index contributed by atoms with van der Waals surface area (Å²) in [6, 6.07) is 12.3. The van der Waals surface area contributed by atoms with Crippen LogP contribution in [0.4, 0.5) is 15.0 Å². The van der Waals surface area contributed by atoms with Crippen LogP contribution < -0.4 is 5.73 Å². The van der Waals surface area contributed by atoms with E-state index >= 15 is 0 Å². The van der Waals surface area contributed by atoms with Gasteiger partial charge in [-0.3, -0.25) is 0 Å². The Kier molecular flexibility index (Phi) is 6.20. The fraction of sp³-hybridized carbons (Fsp3) is 0.308. The zero-order valence-corrected chi connectivity index (χ0v) is 19.4. The van der Waals surface area contributed by atoms with Crippen molar-refractivity contribution in [1.82, 2.24) is 14.9 Å². The highest BCUT2D eigenvalue weighted by molar-refractivity contribution is 5.79. The summed E-state index contributed by atoms with van der Waals surface area (Å²) in [6.07, 6.45) is 4.18. The average molecular weight is 460 g/mol. The first-order valence-corrected chi connectivity index (χ1v) is 11.1. The molecule has 0 saturated carbocycles. The second-order valence-corrected chi connectivity index (χ2v) is 9.27. The third-order valence-corrected chi connectivity index (χ3v) is 5.70. The number of amides is 1. The molecule has 7 nitrogen and oxygen atoms in total. The van der Waals surface area contributed by atoms with Crippen LogP contribution in [0.25, 0.3) is 22.3 Å². The number of ether oxygens (including phenoxy) is 1. The molecule has 0 bridgehead atoms.